The largest absolute Gasteiger partial charge is 0.465 e. The van der Waals surface area contributed by atoms with Crippen molar-refractivity contribution in [3.63, 3.8) is 0 Å². The molecule has 1 unspecified atom stereocenters. The summed E-state index contributed by atoms with van der Waals surface area (Å²) >= 11 is 0. The van der Waals surface area contributed by atoms with Gasteiger partial charge in [0.15, 0.2) is 5.78 Å². The molecule has 0 bridgehead atoms. The van der Waals surface area contributed by atoms with Crippen LogP contribution in [0, 0.1) is 11.3 Å². The summed E-state index contributed by atoms with van der Waals surface area (Å²) in [5, 5.41) is 6.69. The van der Waals surface area contributed by atoms with E-state index >= 15 is 0 Å². The Morgan fingerprint density at radius 1 is 1.50 bits per heavy atom. The Morgan fingerprint density at radius 2 is 2.08 bits per heavy atom. The van der Waals surface area contributed by atoms with Crippen LogP contribution in [0.5, 0.6) is 0 Å². The first-order valence-corrected chi connectivity index (χ1v) is 3.88. The van der Waals surface area contributed by atoms with E-state index in [0.29, 0.717) is 12.6 Å². The Morgan fingerprint density at radius 3 is 2.42 bits per heavy atom. The fourth-order valence-corrected chi connectivity index (χ4v) is 0.827. The number of hydrogen-bond acceptors (Lipinski definition) is 4. The highest BCUT2D eigenvalue weighted by Gasteiger charge is 2.23. The van der Waals surface area contributed by atoms with Gasteiger partial charge in [0.1, 0.15) is 5.92 Å². The first-order valence-electron chi connectivity index (χ1n) is 3.88. The van der Waals surface area contributed by atoms with Crippen LogP contribution in [0.3, 0.4) is 0 Å². The van der Waals surface area contributed by atoms with Crippen LogP contribution < -0.4 is 0 Å². The van der Waals surface area contributed by atoms with Gasteiger partial charge in [-0.25, -0.2) is 0 Å². The van der Waals surface area contributed by atoms with Crippen LogP contribution in [0.25, 0.3) is 0 Å². The van der Waals surface area contributed by atoms with Crippen molar-refractivity contribution in [3.8, 4) is 0 Å². The second-order valence-corrected chi connectivity index (χ2v) is 2.26. The van der Waals surface area contributed by atoms with Crippen molar-refractivity contribution in [2.24, 2.45) is 5.92 Å². The van der Waals surface area contributed by atoms with Crippen molar-refractivity contribution in [1.82, 2.24) is 0 Å². The summed E-state index contributed by atoms with van der Waals surface area (Å²) < 4.78 is 4.65. The van der Waals surface area contributed by atoms with Crippen LogP contribution in [0.2, 0.25) is 0 Å². The molecule has 0 spiro atoms. The lowest BCUT2D eigenvalue weighted by atomic mass is 10.0. The molecule has 0 saturated carbocycles. The maximum Gasteiger partial charge on any atom is 0.316 e. The van der Waals surface area contributed by atoms with E-state index < -0.39 is 17.7 Å². The Balaban J connectivity index is 4.23. The van der Waals surface area contributed by atoms with Crippen LogP contribution in [0.15, 0.2) is 0 Å². The molecule has 0 aromatic rings. The van der Waals surface area contributed by atoms with E-state index in [1.165, 1.54) is 0 Å². The molecule has 0 aliphatic carbocycles. The monoisotopic (exact) mass is 171 g/mol. The highest BCUT2D eigenvalue weighted by atomic mass is 16.5. The summed E-state index contributed by atoms with van der Waals surface area (Å²) in [4.78, 5) is 21.9. The summed E-state index contributed by atoms with van der Waals surface area (Å²) in [5.41, 5.74) is 0. The summed E-state index contributed by atoms with van der Waals surface area (Å²) in [6.07, 6.45) is 1.04. The minimum absolute atomic E-state index is 0.264. The summed E-state index contributed by atoms with van der Waals surface area (Å²) in [6, 6.07) is 0. The van der Waals surface area contributed by atoms with Crippen molar-refractivity contribution < 1.29 is 14.3 Å². The van der Waals surface area contributed by atoms with Crippen LogP contribution >= 0.6 is 0 Å². The second-order valence-electron chi connectivity index (χ2n) is 2.26. The molecule has 0 aliphatic heterocycles. The minimum atomic E-state index is -0.789. The number of rotatable bonds is 5. The molecule has 12 heavy (non-hydrogen) atoms. The van der Waals surface area contributed by atoms with Gasteiger partial charge in [-0.2, -0.15) is 0 Å². The Kier molecular flexibility index (Phi) is 4.92. The molecule has 0 fully saturated rings. The smallest absolute Gasteiger partial charge is 0.316 e. The Bertz CT molecular complexity index is 189. The zero-order valence-electron chi connectivity index (χ0n) is 7.29. The third-order valence-electron chi connectivity index (χ3n) is 1.47. The SMILES string of the molecule is CCOC(=O)C(CC)C(=O)C=N. The highest BCUT2D eigenvalue weighted by Crippen LogP contribution is 2.05. The van der Waals surface area contributed by atoms with Gasteiger partial charge in [0.2, 0.25) is 0 Å². The molecule has 4 heteroatoms. The van der Waals surface area contributed by atoms with E-state index in [2.05, 4.69) is 4.74 Å². The topological polar surface area (TPSA) is 67.2 Å². The van der Waals surface area contributed by atoms with Gasteiger partial charge in [0.05, 0.1) is 12.8 Å². The number of Topliss-reactive ketones (excluding diaryl/α,β-unsaturated/α-hetero) is 1. The summed E-state index contributed by atoms with van der Waals surface area (Å²) in [7, 11) is 0. The number of hydrogen-bond donors (Lipinski definition) is 1. The predicted molar refractivity (Wildman–Crippen MR) is 44.2 cm³/mol. The van der Waals surface area contributed by atoms with Gasteiger partial charge in [-0.05, 0) is 13.3 Å². The van der Waals surface area contributed by atoms with Gasteiger partial charge < -0.3 is 10.1 Å². The van der Waals surface area contributed by atoms with Crippen molar-refractivity contribution >= 4 is 18.0 Å². The van der Waals surface area contributed by atoms with Crippen molar-refractivity contribution in [1.29, 1.82) is 5.41 Å². The zero-order valence-corrected chi connectivity index (χ0v) is 7.29. The molecule has 68 valence electrons. The maximum atomic E-state index is 11.0. The van der Waals surface area contributed by atoms with E-state index in [4.69, 9.17) is 5.41 Å². The van der Waals surface area contributed by atoms with Crippen LogP contribution in [0.1, 0.15) is 20.3 Å². The van der Waals surface area contributed by atoms with Gasteiger partial charge in [0.25, 0.3) is 0 Å². The Labute approximate surface area is 71.4 Å². The molecular formula is C8H13NO3. The molecule has 0 radical (unpaired) electrons. The third kappa shape index (κ3) is 2.82. The van der Waals surface area contributed by atoms with E-state index in [9.17, 15) is 9.59 Å². The first kappa shape index (κ1) is 10.8. The third-order valence-corrected chi connectivity index (χ3v) is 1.47. The van der Waals surface area contributed by atoms with Crippen LogP contribution in [0.4, 0.5) is 0 Å². The quantitative estimate of drug-likeness (QED) is 0.378. The van der Waals surface area contributed by atoms with Gasteiger partial charge in [-0.15, -0.1) is 0 Å². The normalized spacial score (nSPS) is 11.8. The molecule has 4 nitrogen and oxygen atoms in total. The van der Waals surface area contributed by atoms with Gasteiger partial charge in [-0.3, -0.25) is 9.59 Å². The molecule has 0 aromatic heterocycles. The predicted octanol–water partition coefficient (Wildman–Crippen LogP) is 0.794. The number of carbonyl (C=O) groups excluding carboxylic acids is 2. The van der Waals surface area contributed by atoms with Crippen molar-refractivity contribution in [2.45, 2.75) is 20.3 Å². The standard InChI is InChI=1S/C8H13NO3/c1-3-6(7(10)5-9)8(11)12-4-2/h5-6,9H,3-4H2,1-2H3. The van der Waals surface area contributed by atoms with Gasteiger partial charge in [0, 0.05) is 0 Å². The van der Waals surface area contributed by atoms with E-state index in [1.807, 2.05) is 0 Å². The van der Waals surface area contributed by atoms with Gasteiger partial charge in [-0.1, -0.05) is 6.92 Å². The number of esters is 1. The van der Waals surface area contributed by atoms with Crippen molar-refractivity contribution in [2.75, 3.05) is 6.61 Å². The van der Waals surface area contributed by atoms with Crippen molar-refractivity contribution in [3.05, 3.63) is 0 Å². The zero-order chi connectivity index (χ0) is 9.56. The fourth-order valence-electron chi connectivity index (χ4n) is 0.827. The van der Waals surface area contributed by atoms with E-state index in [0.717, 1.165) is 0 Å². The molecule has 0 heterocycles. The molecule has 0 aromatic carbocycles. The lowest BCUT2D eigenvalue weighted by Crippen LogP contribution is -2.26. The Hall–Kier alpha value is -1.19. The first-order chi connectivity index (χ1) is 5.67. The highest BCUT2D eigenvalue weighted by molar-refractivity contribution is 6.31. The van der Waals surface area contributed by atoms with Crippen LogP contribution in [-0.2, 0) is 14.3 Å². The number of nitrogens with one attached hydrogen (secondary N) is 1. The number of ether oxygens (including phenoxy) is 1. The van der Waals surface area contributed by atoms with E-state index in [-0.39, 0.29) is 6.61 Å². The lowest BCUT2D eigenvalue weighted by molar-refractivity contribution is -0.150. The fraction of sp³-hybridized carbons (Fsp3) is 0.625. The average Bonchev–Trinajstić information content (AvgIpc) is 2.06. The van der Waals surface area contributed by atoms with E-state index in [1.54, 1.807) is 13.8 Å². The number of carbonyl (C=O) groups is 2. The summed E-state index contributed by atoms with van der Waals surface area (Å²) in [6.45, 7) is 3.66. The second kappa shape index (κ2) is 5.46. The minimum Gasteiger partial charge on any atom is -0.465 e. The molecule has 0 rings (SSSR count). The summed E-state index contributed by atoms with van der Waals surface area (Å²) in [5.74, 6) is -1.81. The maximum absolute atomic E-state index is 11.0. The van der Waals surface area contributed by atoms with Gasteiger partial charge >= 0.3 is 5.97 Å². The lowest BCUT2D eigenvalue weighted by Gasteiger charge is -2.08. The molecule has 0 saturated heterocycles. The molecule has 0 aliphatic rings. The molecule has 1 N–H and O–H groups in total. The number of ketones is 1. The molecular weight excluding hydrogens is 158 g/mol. The average molecular weight is 171 g/mol. The molecule has 0 amide bonds. The molecule has 1 atom stereocenters. The van der Waals surface area contributed by atoms with Crippen LogP contribution in [-0.4, -0.2) is 24.6 Å².